The molecule has 4 heteroatoms. The van der Waals surface area contributed by atoms with E-state index in [1.807, 2.05) is 6.92 Å². The predicted molar refractivity (Wildman–Crippen MR) is 56.5 cm³/mol. The van der Waals surface area contributed by atoms with E-state index in [-0.39, 0.29) is 24.4 Å². The van der Waals surface area contributed by atoms with Gasteiger partial charge in [0.2, 0.25) is 0 Å². The summed E-state index contributed by atoms with van der Waals surface area (Å²) in [6.45, 7) is 3.25. The van der Waals surface area contributed by atoms with Crippen molar-refractivity contribution in [2.45, 2.75) is 25.8 Å². The first-order valence-electron chi connectivity index (χ1n) is 4.93. The zero-order valence-electron chi connectivity index (χ0n) is 8.29. The molecule has 2 aliphatic rings. The Morgan fingerprint density at radius 1 is 1.71 bits per heavy atom. The van der Waals surface area contributed by atoms with Crippen molar-refractivity contribution < 1.29 is 9.53 Å². The summed E-state index contributed by atoms with van der Waals surface area (Å²) in [6.07, 6.45) is 4.50. The van der Waals surface area contributed by atoms with E-state index in [1.165, 1.54) is 12.0 Å². The summed E-state index contributed by atoms with van der Waals surface area (Å²) in [5, 5.41) is 3.20. The van der Waals surface area contributed by atoms with Crippen LogP contribution in [0.1, 0.15) is 19.8 Å². The Kier molecular flexibility index (Phi) is 3.96. The van der Waals surface area contributed by atoms with Crippen molar-refractivity contribution in [3.63, 3.8) is 0 Å². The number of nitrogens with one attached hydrogen (secondary N) is 1. The molecule has 0 radical (unpaired) electrons. The van der Waals surface area contributed by atoms with Crippen LogP contribution >= 0.6 is 12.4 Å². The Bertz CT molecular complexity index is 253. The molecule has 80 valence electrons. The van der Waals surface area contributed by atoms with E-state index >= 15 is 0 Å². The first-order chi connectivity index (χ1) is 6.33. The zero-order chi connectivity index (χ0) is 9.26. The van der Waals surface area contributed by atoms with Crippen LogP contribution in [0.15, 0.2) is 11.6 Å². The zero-order valence-corrected chi connectivity index (χ0v) is 9.10. The smallest absolute Gasteiger partial charge is 0.327 e. The summed E-state index contributed by atoms with van der Waals surface area (Å²) in [6, 6.07) is -0.146. The highest BCUT2D eigenvalue weighted by atomic mass is 35.5. The Balaban J connectivity index is 0.000000980. The standard InChI is InChI=1S/C10H15NO2.ClH/c1-2-13-10(12)9-8-5-3-4-7(8)6-11-9;/h5,7,9,11H,2-4,6H2,1H3;1H. The molecule has 0 aromatic rings. The van der Waals surface area contributed by atoms with Gasteiger partial charge in [-0.2, -0.15) is 0 Å². The molecule has 1 aliphatic carbocycles. The molecule has 0 aromatic heterocycles. The van der Waals surface area contributed by atoms with Gasteiger partial charge in [-0.05, 0) is 31.3 Å². The molecule has 0 bridgehead atoms. The van der Waals surface area contributed by atoms with Crippen molar-refractivity contribution >= 4 is 18.4 Å². The molecular weight excluding hydrogens is 202 g/mol. The highest BCUT2D eigenvalue weighted by Gasteiger charge is 2.37. The monoisotopic (exact) mass is 217 g/mol. The lowest BCUT2D eigenvalue weighted by Crippen LogP contribution is -2.33. The van der Waals surface area contributed by atoms with Crippen molar-refractivity contribution in [1.82, 2.24) is 5.32 Å². The van der Waals surface area contributed by atoms with Crippen LogP contribution < -0.4 is 5.32 Å². The van der Waals surface area contributed by atoms with Gasteiger partial charge in [0.1, 0.15) is 6.04 Å². The number of carbonyl (C=O) groups excluding carboxylic acids is 1. The number of ether oxygens (including phenoxy) is 1. The van der Waals surface area contributed by atoms with Gasteiger partial charge in [-0.25, -0.2) is 4.79 Å². The number of allylic oxidation sites excluding steroid dienone is 1. The van der Waals surface area contributed by atoms with Crippen LogP contribution in [-0.4, -0.2) is 25.2 Å². The second-order valence-corrected chi connectivity index (χ2v) is 3.57. The fraction of sp³-hybridized carbons (Fsp3) is 0.700. The van der Waals surface area contributed by atoms with E-state index in [2.05, 4.69) is 11.4 Å². The summed E-state index contributed by atoms with van der Waals surface area (Å²) in [5.74, 6) is 0.479. The highest BCUT2D eigenvalue weighted by molar-refractivity contribution is 5.85. The number of esters is 1. The molecular formula is C10H16ClNO2. The lowest BCUT2D eigenvalue weighted by Gasteiger charge is -2.10. The minimum Gasteiger partial charge on any atom is -0.465 e. The Hall–Kier alpha value is -0.540. The van der Waals surface area contributed by atoms with Gasteiger partial charge in [-0.1, -0.05) is 6.08 Å². The van der Waals surface area contributed by atoms with E-state index in [4.69, 9.17) is 4.74 Å². The minimum absolute atomic E-state index is 0. The number of halogens is 1. The van der Waals surface area contributed by atoms with Crippen molar-refractivity contribution in [2.24, 2.45) is 5.92 Å². The van der Waals surface area contributed by atoms with Gasteiger partial charge < -0.3 is 10.1 Å². The van der Waals surface area contributed by atoms with Gasteiger partial charge in [-0.3, -0.25) is 0 Å². The van der Waals surface area contributed by atoms with Gasteiger partial charge >= 0.3 is 5.97 Å². The quantitative estimate of drug-likeness (QED) is 0.560. The topological polar surface area (TPSA) is 38.3 Å². The van der Waals surface area contributed by atoms with Gasteiger partial charge in [0, 0.05) is 6.54 Å². The molecule has 1 heterocycles. The molecule has 2 rings (SSSR count). The molecule has 14 heavy (non-hydrogen) atoms. The normalized spacial score (nSPS) is 29.1. The van der Waals surface area contributed by atoms with Crippen LogP contribution in [-0.2, 0) is 9.53 Å². The van der Waals surface area contributed by atoms with Gasteiger partial charge in [0.15, 0.2) is 0 Å². The number of hydrogen-bond acceptors (Lipinski definition) is 3. The number of carbonyl (C=O) groups is 1. The van der Waals surface area contributed by atoms with E-state index in [9.17, 15) is 4.79 Å². The van der Waals surface area contributed by atoms with Gasteiger partial charge in [0.05, 0.1) is 6.61 Å². The van der Waals surface area contributed by atoms with Crippen LogP contribution in [0.25, 0.3) is 0 Å². The third-order valence-corrected chi connectivity index (χ3v) is 2.79. The van der Waals surface area contributed by atoms with Crippen molar-refractivity contribution in [3.05, 3.63) is 11.6 Å². The molecule has 1 N–H and O–H groups in total. The maximum Gasteiger partial charge on any atom is 0.327 e. The molecule has 2 atom stereocenters. The van der Waals surface area contributed by atoms with Crippen molar-refractivity contribution in [2.75, 3.05) is 13.2 Å². The fourth-order valence-electron chi connectivity index (χ4n) is 2.18. The summed E-state index contributed by atoms with van der Waals surface area (Å²) < 4.78 is 4.99. The van der Waals surface area contributed by atoms with E-state index in [0.29, 0.717) is 12.5 Å². The highest BCUT2D eigenvalue weighted by Crippen LogP contribution is 2.32. The molecule has 0 amide bonds. The fourth-order valence-corrected chi connectivity index (χ4v) is 2.18. The van der Waals surface area contributed by atoms with Crippen LogP contribution in [0, 0.1) is 5.92 Å². The molecule has 2 unspecified atom stereocenters. The number of hydrogen-bond donors (Lipinski definition) is 1. The maximum absolute atomic E-state index is 11.5. The SMILES string of the molecule is CCOC(=O)C1NCC2CCC=C21.Cl. The lowest BCUT2D eigenvalue weighted by atomic mass is 10.0. The molecule has 0 aromatic carbocycles. The summed E-state index contributed by atoms with van der Waals surface area (Å²) >= 11 is 0. The predicted octanol–water partition coefficient (Wildman–Crippen LogP) is 1.28. The molecule has 3 nitrogen and oxygen atoms in total. The van der Waals surface area contributed by atoms with Crippen LogP contribution in [0.3, 0.4) is 0 Å². The second kappa shape index (κ2) is 4.80. The Morgan fingerprint density at radius 3 is 3.21 bits per heavy atom. The van der Waals surface area contributed by atoms with Gasteiger partial charge in [-0.15, -0.1) is 12.4 Å². The molecule has 1 fully saturated rings. The maximum atomic E-state index is 11.5. The molecule has 0 saturated carbocycles. The Labute approximate surface area is 90.3 Å². The van der Waals surface area contributed by atoms with Crippen LogP contribution in [0.2, 0.25) is 0 Å². The lowest BCUT2D eigenvalue weighted by molar-refractivity contribution is -0.144. The van der Waals surface area contributed by atoms with E-state index < -0.39 is 0 Å². The largest absolute Gasteiger partial charge is 0.465 e. The molecule has 1 saturated heterocycles. The summed E-state index contributed by atoms with van der Waals surface area (Å²) in [7, 11) is 0. The van der Waals surface area contributed by atoms with Crippen LogP contribution in [0.5, 0.6) is 0 Å². The first kappa shape index (κ1) is 11.5. The van der Waals surface area contributed by atoms with Crippen LogP contribution in [0.4, 0.5) is 0 Å². The number of rotatable bonds is 2. The van der Waals surface area contributed by atoms with E-state index in [1.54, 1.807) is 0 Å². The summed E-state index contributed by atoms with van der Waals surface area (Å²) in [5.41, 5.74) is 1.26. The molecule has 1 aliphatic heterocycles. The molecule has 0 spiro atoms. The first-order valence-corrected chi connectivity index (χ1v) is 4.93. The second-order valence-electron chi connectivity index (χ2n) is 3.57. The van der Waals surface area contributed by atoms with Crippen molar-refractivity contribution in [1.29, 1.82) is 0 Å². The van der Waals surface area contributed by atoms with Crippen molar-refractivity contribution in [3.8, 4) is 0 Å². The summed E-state index contributed by atoms with van der Waals surface area (Å²) in [4.78, 5) is 11.5. The number of fused-ring (bicyclic) bond motifs is 1. The Morgan fingerprint density at radius 2 is 2.50 bits per heavy atom. The van der Waals surface area contributed by atoms with E-state index in [0.717, 1.165) is 13.0 Å². The van der Waals surface area contributed by atoms with Gasteiger partial charge in [0.25, 0.3) is 0 Å². The average Bonchev–Trinajstić information content (AvgIpc) is 2.62. The third-order valence-electron chi connectivity index (χ3n) is 2.79. The average molecular weight is 218 g/mol. The minimum atomic E-state index is -0.146. The third kappa shape index (κ3) is 1.93.